The fourth-order valence-corrected chi connectivity index (χ4v) is 2.70. The van der Waals surface area contributed by atoms with Crippen LogP contribution in [0.4, 0.5) is 0 Å². The normalized spacial score (nSPS) is 11.6. The van der Waals surface area contributed by atoms with Crippen LogP contribution in [-0.2, 0) is 0 Å². The molecule has 0 spiro atoms. The van der Waals surface area contributed by atoms with Crippen molar-refractivity contribution >= 4 is 17.1 Å². The Morgan fingerprint density at radius 2 is 1.62 bits per heavy atom. The highest BCUT2D eigenvalue weighted by Crippen LogP contribution is 2.30. The van der Waals surface area contributed by atoms with Gasteiger partial charge in [0.15, 0.2) is 5.58 Å². The van der Waals surface area contributed by atoms with Crippen molar-refractivity contribution in [2.24, 2.45) is 0 Å². The van der Waals surface area contributed by atoms with Gasteiger partial charge in [0, 0.05) is 0 Å². The molecule has 0 bridgehead atoms. The highest BCUT2D eigenvalue weighted by Gasteiger charge is 2.18. The molecule has 0 aliphatic carbocycles. The van der Waals surface area contributed by atoms with Crippen LogP contribution >= 0.6 is 0 Å². The van der Waals surface area contributed by atoms with E-state index < -0.39 is 5.97 Å². The van der Waals surface area contributed by atoms with E-state index in [0.717, 1.165) is 11.1 Å². The molecule has 124 valence electrons. The van der Waals surface area contributed by atoms with E-state index in [-0.39, 0.29) is 11.5 Å². The highest BCUT2D eigenvalue weighted by molar-refractivity contribution is 5.95. The van der Waals surface area contributed by atoms with Gasteiger partial charge in [-0.2, -0.15) is 0 Å². The van der Waals surface area contributed by atoms with Crippen LogP contribution in [0.1, 0.15) is 61.0 Å². The lowest BCUT2D eigenvalue weighted by Crippen LogP contribution is -2.02. The van der Waals surface area contributed by atoms with Crippen molar-refractivity contribution < 1.29 is 14.3 Å². The molecule has 0 radical (unpaired) electrons. The van der Waals surface area contributed by atoms with E-state index in [1.54, 1.807) is 12.1 Å². The number of carboxylic acids is 1. The quantitative estimate of drug-likeness (QED) is 0.694. The minimum absolute atomic E-state index is 0.219. The molecule has 1 heterocycles. The van der Waals surface area contributed by atoms with E-state index in [9.17, 15) is 9.90 Å². The van der Waals surface area contributed by atoms with Crippen molar-refractivity contribution in [1.29, 1.82) is 0 Å². The van der Waals surface area contributed by atoms with Crippen LogP contribution in [0.15, 0.2) is 40.8 Å². The number of benzene rings is 2. The van der Waals surface area contributed by atoms with Gasteiger partial charge in [-0.1, -0.05) is 39.8 Å². The van der Waals surface area contributed by atoms with Crippen LogP contribution in [0.2, 0.25) is 0 Å². The fraction of sp³-hybridized carbons (Fsp3) is 0.300. The Labute approximate surface area is 141 Å². The number of fused-ring (bicyclic) bond motifs is 1. The van der Waals surface area contributed by atoms with Gasteiger partial charge >= 0.3 is 5.97 Å². The zero-order valence-electron chi connectivity index (χ0n) is 14.3. The van der Waals surface area contributed by atoms with Gasteiger partial charge in [0.05, 0.1) is 11.1 Å². The number of carboxylic acid groups (broad SMARTS) is 1. The maximum Gasteiger partial charge on any atom is 0.336 e. The predicted octanol–water partition coefficient (Wildman–Crippen LogP) is 5.44. The van der Waals surface area contributed by atoms with Gasteiger partial charge in [0.2, 0.25) is 5.89 Å². The van der Waals surface area contributed by atoms with E-state index in [1.807, 2.05) is 38.1 Å². The first kappa shape index (κ1) is 16.2. The number of rotatable bonds is 4. The monoisotopic (exact) mass is 323 g/mol. The van der Waals surface area contributed by atoms with Crippen LogP contribution in [0.3, 0.4) is 0 Å². The fourth-order valence-electron chi connectivity index (χ4n) is 2.70. The van der Waals surface area contributed by atoms with Crippen LogP contribution in [-0.4, -0.2) is 16.1 Å². The number of oxazole rings is 1. The van der Waals surface area contributed by atoms with E-state index in [0.29, 0.717) is 23.0 Å². The van der Waals surface area contributed by atoms with E-state index in [1.165, 1.54) is 5.56 Å². The molecule has 0 saturated heterocycles. The largest absolute Gasteiger partial charge is 0.478 e. The van der Waals surface area contributed by atoms with Gasteiger partial charge in [0.25, 0.3) is 0 Å². The summed E-state index contributed by atoms with van der Waals surface area (Å²) in [7, 11) is 0. The Bertz CT molecular complexity index is 906. The van der Waals surface area contributed by atoms with Gasteiger partial charge in [-0.25, -0.2) is 9.78 Å². The van der Waals surface area contributed by atoms with Gasteiger partial charge in [0.1, 0.15) is 5.52 Å². The number of aromatic nitrogens is 1. The number of hydrogen-bond acceptors (Lipinski definition) is 3. The second kappa shape index (κ2) is 6.11. The number of carbonyl (C=O) groups is 1. The van der Waals surface area contributed by atoms with Crippen molar-refractivity contribution in [2.75, 3.05) is 0 Å². The summed E-state index contributed by atoms with van der Waals surface area (Å²) in [5.41, 5.74) is 4.30. The lowest BCUT2D eigenvalue weighted by atomic mass is 9.97. The molecular formula is C20H21NO3. The minimum Gasteiger partial charge on any atom is -0.478 e. The molecule has 3 rings (SSSR count). The second-order valence-corrected chi connectivity index (χ2v) is 6.67. The number of hydrogen-bond donors (Lipinski definition) is 1. The summed E-state index contributed by atoms with van der Waals surface area (Å²) in [5, 5.41) is 9.56. The Balaban J connectivity index is 2.14. The summed E-state index contributed by atoms with van der Waals surface area (Å²) in [6.45, 7) is 8.31. The Morgan fingerprint density at radius 1 is 1.00 bits per heavy atom. The maximum atomic E-state index is 11.7. The average molecular weight is 323 g/mol. The molecule has 2 aromatic carbocycles. The first-order valence-electron chi connectivity index (χ1n) is 8.15. The molecule has 0 amide bonds. The molecule has 0 atom stereocenters. The molecule has 1 N–H and O–H groups in total. The summed E-state index contributed by atoms with van der Waals surface area (Å²) in [4.78, 5) is 16.2. The third-order valence-electron chi connectivity index (χ3n) is 4.25. The molecular weight excluding hydrogens is 302 g/mol. The van der Waals surface area contributed by atoms with Crippen LogP contribution in [0.5, 0.6) is 0 Å². The Morgan fingerprint density at radius 3 is 2.25 bits per heavy atom. The average Bonchev–Trinajstić information content (AvgIpc) is 2.96. The lowest BCUT2D eigenvalue weighted by Gasteiger charge is -2.08. The topological polar surface area (TPSA) is 63.3 Å². The third-order valence-corrected chi connectivity index (χ3v) is 4.25. The van der Waals surface area contributed by atoms with Gasteiger partial charge in [-0.15, -0.1) is 0 Å². The van der Waals surface area contributed by atoms with Crippen molar-refractivity contribution in [1.82, 2.24) is 4.98 Å². The molecule has 0 saturated carbocycles. The van der Waals surface area contributed by atoms with Crippen LogP contribution in [0, 0.1) is 0 Å². The summed E-state index contributed by atoms with van der Waals surface area (Å²) >= 11 is 0. The smallest absolute Gasteiger partial charge is 0.336 e. The van der Waals surface area contributed by atoms with Crippen molar-refractivity contribution in [3.05, 3.63) is 53.1 Å². The Kier molecular flexibility index (Phi) is 4.14. The molecule has 0 unspecified atom stereocenters. The number of nitrogens with zero attached hydrogens (tertiary/aromatic N) is 1. The van der Waals surface area contributed by atoms with Crippen molar-refractivity contribution in [3.63, 3.8) is 0 Å². The zero-order valence-corrected chi connectivity index (χ0v) is 14.3. The van der Waals surface area contributed by atoms with Crippen molar-refractivity contribution in [2.45, 2.75) is 39.5 Å². The Hall–Kier alpha value is -2.62. The van der Waals surface area contributed by atoms with Crippen molar-refractivity contribution in [3.8, 4) is 11.5 Å². The summed E-state index contributed by atoms with van der Waals surface area (Å²) in [6, 6.07) is 11.3. The molecule has 24 heavy (non-hydrogen) atoms. The molecule has 0 aliphatic heterocycles. The molecule has 0 fully saturated rings. The predicted molar refractivity (Wildman–Crippen MR) is 94.6 cm³/mol. The third kappa shape index (κ3) is 2.92. The summed E-state index contributed by atoms with van der Waals surface area (Å²) in [5.74, 6) is 0.0278. The zero-order chi connectivity index (χ0) is 17.4. The second-order valence-electron chi connectivity index (χ2n) is 6.67. The molecule has 4 heteroatoms. The molecule has 0 aliphatic rings. The highest BCUT2D eigenvalue weighted by atomic mass is 16.4. The van der Waals surface area contributed by atoms with Crippen LogP contribution < -0.4 is 0 Å². The molecule has 4 nitrogen and oxygen atoms in total. The van der Waals surface area contributed by atoms with E-state index in [2.05, 4.69) is 18.8 Å². The SMILES string of the molecule is CC(C)c1ccc(-c2nc3cc(C(C)C)ccc3o2)c(C(=O)O)c1. The first-order valence-corrected chi connectivity index (χ1v) is 8.15. The maximum absolute atomic E-state index is 11.7. The lowest BCUT2D eigenvalue weighted by molar-refractivity contribution is 0.0697. The standard InChI is InChI=1S/C20H21NO3/c1-11(2)13-5-7-15(16(9-13)20(22)23)19-21-17-10-14(12(3)4)6-8-18(17)24-19/h5-12H,1-4H3,(H,22,23). The summed E-state index contributed by atoms with van der Waals surface area (Å²) in [6.07, 6.45) is 0. The van der Waals surface area contributed by atoms with Gasteiger partial charge in [-0.3, -0.25) is 0 Å². The van der Waals surface area contributed by atoms with E-state index >= 15 is 0 Å². The molecule has 1 aromatic heterocycles. The first-order chi connectivity index (χ1) is 11.4. The van der Waals surface area contributed by atoms with Gasteiger partial charge in [-0.05, 0) is 47.2 Å². The van der Waals surface area contributed by atoms with E-state index in [4.69, 9.17) is 4.42 Å². The molecule has 3 aromatic rings. The van der Waals surface area contributed by atoms with Gasteiger partial charge < -0.3 is 9.52 Å². The van der Waals surface area contributed by atoms with Crippen LogP contribution in [0.25, 0.3) is 22.6 Å². The summed E-state index contributed by atoms with van der Waals surface area (Å²) < 4.78 is 5.81. The number of aromatic carboxylic acids is 1. The minimum atomic E-state index is -0.974.